The molecule has 1 aliphatic carbocycles. The summed E-state index contributed by atoms with van der Waals surface area (Å²) in [5, 5.41) is 0.970. The van der Waals surface area contributed by atoms with Crippen molar-refractivity contribution in [3.05, 3.63) is 64.3 Å². The number of nitrogens with zero attached hydrogens (tertiary/aromatic N) is 1. The van der Waals surface area contributed by atoms with Crippen LogP contribution in [0.3, 0.4) is 0 Å². The molecule has 0 N–H and O–H groups in total. The van der Waals surface area contributed by atoms with Gasteiger partial charge in [0.15, 0.2) is 0 Å². The summed E-state index contributed by atoms with van der Waals surface area (Å²) >= 11 is 3.55. The first-order valence-electron chi connectivity index (χ1n) is 10.1. The van der Waals surface area contributed by atoms with E-state index in [0.29, 0.717) is 12.1 Å². The lowest BCUT2D eigenvalue weighted by molar-refractivity contribution is -0.165. The highest BCUT2D eigenvalue weighted by molar-refractivity contribution is 9.10. The topological polar surface area (TPSA) is 65.5 Å². The van der Waals surface area contributed by atoms with Crippen molar-refractivity contribution in [2.45, 2.75) is 32.1 Å². The maximum atomic E-state index is 13.1. The predicted molar refractivity (Wildman–Crippen MR) is 118 cm³/mol. The average Bonchev–Trinajstić information content (AvgIpc) is 3.13. The van der Waals surface area contributed by atoms with Crippen molar-refractivity contribution in [2.24, 2.45) is 0 Å². The lowest BCUT2D eigenvalue weighted by Crippen LogP contribution is -2.45. The van der Waals surface area contributed by atoms with Crippen LogP contribution in [0.1, 0.15) is 31.5 Å². The van der Waals surface area contributed by atoms with Crippen molar-refractivity contribution >= 4 is 38.8 Å². The van der Waals surface area contributed by atoms with Gasteiger partial charge in [-0.25, -0.2) is 0 Å². The largest absolute Gasteiger partial charge is 0.465 e. The lowest BCUT2D eigenvalue weighted by Gasteiger charge is -2.25. The Labute approximate surface area is 183 Å². The van der Waals surface area contributed by atoms with Crippen molar-refractivity contribution in [3.63, 3.8) is 0 Å². The number of benzene rings is 2. The van der Waals surface area contributed by atoms with Crippen LogP contribution in [0, 0.1) is 0 Å². The van der Waals surface area contributed by atoms with E-state index < -0.39 is 17.4 Å². The van der Waals surface area contributed by atoms with E-state index in [9.17, 15) is 9.59 Å². The molecule has 0 aliphatic heterocycles. The fourth-order valence-corrected chi connectivity index (χ4v) is 4.59. The Morgan fingerprint density at radius 2 is 1.70 bits per heavy atom. The molecule has 6 heteroatoms. The second-order valence-corrected chi connectivity index (χ2v) is 8.10. The average molecular weight is 468 g/mol. The second kappa shape index (κ2) is 8.19. The van der Waals surface area contributed by atoms with Gasteiger partial charge >= 0.3 is 11.9 Å². The highest BCUT2D eigenvalue weighted by atomic mass is 79.9. The first kappa shape index (κ1) is 20.5. The third kappa shape index (κ3) is 3.19. The standard InChI is InChI=1S/C24H22BrNO4/c1-3-29-22(27)24(23(28)30-4-2)13-12-17-20(15-8-6-5-7-9-15)18-14-16(25)10-11-19(18)26-21(17)24/h5-11,14H,3-4,12-13H2,1-2H3. The minimum absolute atomic E-state index is 0.182. The summed E-state index contributed by atoms with van der Waals surface area (Å²) in [6, 6.07) is 15.8. The number of carbonyl (C=O) groups excluding carboxylic acids is 2. The Hall–Kier alpha value is -2.73. The molecule has 30 heavy (non-hydrogen) atoms. The SMILES string of the molecule is CCOC(=O)C1(C(=O)OCC)CCc2c1nc1ccc(Br)cc1c2-c1ccccc1. The predicted octanol–water partition coefficient (Wildman–Crippen LogP) is 4.97. The van der Waals surface area contributed by atoms with Crippen LogP contribution in [0.2, 0.25) is 0 Å². The Morgan fingerprint density at radius 3 is 2.33 bits per heavy atom. The Kier molecular flexibility index (Phi) is 5.60. The summed E-state index contributed by atoms with van der Waals surface area (Å²) < 4.78 is 11.6. The number of rotatable bonds is 5. The number of fused-ring (bicyclic) bond motifs is 2. The number of esters is 2. The van der Waals surface area contributed by atoms with E-state index in [2.05, 4.69) is 15.9 Å². The van der Waals surface area contributed by atoms with Crippen LogP contribution in [-0.2, 0) is 30.9 Å². The van der Waals surface area contributed by atoms with E-state index in [0.717, 1.165) is 32.1 Å². The number of ether oxygens (including phenoxy) is 2. The number of aromatic nitrogens is 1. The molecule has 1 aliphatic rings. The highest BCUT2D eigenvalue weighted by Crippen LogP contribution is 2.46. The molecule has 0 atom stereocenters. The van der Waals surface area contributed by atoms with Gasteiger partial charge in [0.1, 0.15) is 0 Å². The summed E-state index contributed by atoms with van der Waals surface area (Å²) in [6.07, 6.45) is 0.816. The lowest BCUT2D eigenvalue weighted by atomic mass is 9.84. The molecule has 1 aromatic heterocycles. The van der Waals surface area contributed by atoms with Gasteiger partial charge in [0.05, 0.1) is 24.4 Å². The van der Waals surface area contributed by atoms with Gasteiger partial charge in [-0.05, 0) is 61.6 Å². The smallest absolute Gasteiger partial charge is 0.329 e. The number of pyridine rings is 1. The van der Waals surface area contributed by atoms with Gasteiger partial charge in [-0.3, -0.25) is 14.6 Å². The molecule has 0 radical (unpaired) electrons. The van der Waals surface area contributed by atoms with Gasteiger partial charge in [-0.2, -0.15) is 0 Å². The quantitative estimate of drug-likeness (QED) is 0.391. The van der Waals surface area contributed by atoms with E-state index in [1.165, 1.54) is 0 Å². The third-order valence-electron chi connectivity index (χ3n) is 5.51. The van der Waals surface area contributed by atoms with Crippen molar-refractivity contribution in [3.8, 4) is 11.1 Å². The molecule has 0 saturated carbocycles. The number of halogens is 1. The van der Waals surface area contributed by atoms with Crippen molar-refractivity contribution in [1.82, 2.24) is 4.98 Å². The zero-order chi connectivity index (χ0) is 21.3. The summed E-state index contributed by atoms with van der Waals surface area (Å²) in [7, 11) is 0. The first-order chi connectivity index (χ1) is 14.5. The first-order valence-corrected chi connectivity index (χ1v) is 10.8. The van der Waals surface area contributed by atoms with Crippen molar-refractivity contribution in [2.75, 3.05) is 13.2 Å². The normalized spacial score (nSPS) is 14.4. The molecule has 0 bridgehead atoms. The molecule has 0 unspecified atom stereocenters. The number of carbonyl (C=O) groups is 2. The van der Waals surface area contributed by atoms with Gasteiger partial charge in [0.25, 0.3) is 0 Å². The van der Waals surface area contributed by atoms with Crippen LogP contribution in [0.15, 0.2) is 53.0 Å². The van der Waals surface area contributed by atoms with Gasteiger partial charge in [-0.15, -0.1) is 0 Å². The molecule has 5 nitrogen and oxygen atoms in total. The Bertz CT molecular complexity index is 1110. The number of hydrogen-bond donors (Lipinski definition) is 0. The second-order valence-electron chi connectivity index (χ2n) is 7.19. The highest BCUT2D eigenvalue weighted by Gasteiger charge is 2.56. The monoisotopic (exact) mass is 467 g/mol. The van der Waals surface area contributed by atoms with Crippen LogP contribution in [0.4, 0.5) is 0 Å². The fourth-order valence-electron chi connectivity index (χ4n) is 4.23. The van der Waals surface area contributed by atoms with E-state index in [1.54, 1.807) is 13.8 Å². The summed E-state index contributed by atoms with van der Waals surface area (Å²) in [5.74, 6) is -1.18. The molecule has 154 valence electrons. The van der Waals surface area contributed by atoms with Crippen LogP contribution in [-0.4, -0.2) is 30.1 Å². The van der Waals surface area contributed by atoms with Gasteiger partial charge < -0.3 is 9.47 Å². The van der Waals surface area contributed by atoms with E-state index >= 15 is 0 Å². The molecular weight excluding hydrogens is 446 g/mol. The molecule has 0 saturated heterocycles. The van der Waals surface area contributed by atoms with Gasteiger partial charge in [0, 0.05) is 9.86 Å². The Balaban J connectivity index is 2.06. The maximum absolute atomic E-state index is 13.1. The Morgan fingerprint density at radius 1 is 1.03 bits per heavy atom. The van der Waals surface area contributed by atoms with E-state index in [4.69, 9.17) is 14.5 Å². The van der Waals surface area contributed by atoms with Crippen molar-refractivity contribution in [1.29, 1.82) is 0 Å². The third-order valence-corrected chi connectivity index (χ3v) is 6.01. The molecule has 0 spiro atoms. The molecule has 2 aromatic carbocycles. The van der Waals surface area contributed by atoms with Crippen LogP contribution in [0.25, 0.3) is 22.0 Å². The summed E-state index contributed by atoms with van der Waals surface area (Å²) in [5.41, 5.74) is 2.54. The summed E-state index contributed by atoms with van der Waals surface area (Å²) in [4.78, 5) is 31.0. The van der Waals surface area contributed by atoms with E-state index in [1.807, 2.05) is 48.5 Å². The zero-order valence-corrected chi connectivity index (χ0v) is 18.5. The number of hydrogen-bond acceptors (Lipinski definition) is 5. The molecule has 3 aromatic rings. The maximum Gasteiger partial charge on any atom is 0.329 e. The van der Waals surface area contributed by atoms with Crippen LogP contribution in [0.5, 0.6) is 0 Å². The van der Waals surface area contributed by atoms with Crippen LogP contribution >= 0.6 is 15.9 Å². The summed E-state index contributed by atoms with van der Waals surface area (Å²) in [6.45, 7) is 3.82. The van der Waals surface area contributed by atoms with Crippen molar-refractivity contribution < 1.29 is 19.1 Å². The van der Waals surface area contributed by atoms with Crippen LogP contribution < -0.4 is 0 Å². The van der Waals surface area contributed by atoms with E-state index in [-0.39, 0.29) is 19.6 Å². The minimum Gasteiger partial charge on any atom is -0.465 e. The van der Waals surface area contributed by atoms with Gasteiger partial charge in [-0.1, -0.05) is 46.3 Å². The molecule has 4 rings (SSSR count). The zero-order valence-electron chi connectivity index (χ0n) is 16.9. The minimum atomic E-state index is -1.54. The molecule has 0 fully saturated rings. The molecule has 0 amide bonds. The fraction of sp³-hybridized carbons (Fsp3) is 0.292. The molecular formula is C24H22BrNO4. The molecule has 1 heterocycles. The van der Waals surface area contributed by atoms with Gasteiger partial charge in [0.2, 0.25) is 5.41 Å².